The van der Waals surface area contributed by atoms with Crippen LogP contribution in [0.2, 0.25) is 4.34 Å². The standard InChI is InChI=1S/C10H4ClF7O2S/c11-7-2-1-5(21-7)4(19)3-6(20)8(12,13)9(14,15)10(16,17)18/h1-2H,3H2. The molecular formula is C10H4ClF7O2S. The Morgan fingerprint density at radius 2 is 1.57 bits per heavy atom. The van der Waals surface area contributed by atoms with Crippen molar-refractivity contribution >= 4 is 34.5 Å². The van der Waals surface area contributed by atoms with Crippen LogP contribution in [0.15, 0.2) is 12.1 Å². The zero-order chi connectivity index (χ0) is 16.6. The summed E-state index contributed by atoms with van der Waals surface area (Å²) >= 11 is 6.00. The zero-order valence-electron chi connectivity index (χ0n) is 9.61. The number of hydrogen-bond acceptors (Lipinski definition) is 3. The first-order valence-electron chi connectivity index (χ1n) is 4.95. The average Bonchev–Trinajstić information content (AvgIpc) is 2.74. The molecule has 0 aromatic carbocycles. The number of carbonyl (C=O) groups is 2. The molecule has 0 saturated carbocycles. The quantitative estimate of drug-likeness (QED) is 0.446. The molecule has 118 valence electrons. The van der Waals surface area contributed by atoms with Crippen molar-refractivity contribution in [2.75, 3.05) is 0 Å². The minimum absolute atomic E-state index is 0.0539. The zero-order valence-corrected chi connectivity index (χ0v) is 11.2. The van der Waals surface area contributed by atoms with Crippen LogP contribution >= 0.6 is 22.9 Å². The van der Waals surface area contributed by atoms with Crippen LogP contribution in [0.4, 0.5) is 30.7 Å². The number of rotatable bonds is 5. The minimum Gasteiger partial charge on any atom is -0.293 e. The molecule has 0 unspecified atom stereocenters. The Hall–Kier alpha value is -1.16. The molecule has 11 heteroatoms. The molecule has 0 aliphatic heterocycles. The number of alkyl halides is 7. The van der Waals surface area contributed by atoms with Crippen LogP contribution < -0.4 is 0 Å². The van der Waals surface area contributed by atoms with E-state index in [4.69, 9.17) is 11.6 Å². The van der Waals surface area contributed by atoms with Gasteiger partial charge in [0, 0.05) is 0 Å². The second-order valence-electron chi connectivity index (χ2n) is 3.77. The Bertz CT molecular complexity index is 564. The molecule has 0 atom stereocenters. The molecule has 0 fully saturated rings. The van der Waals surface area contributed by atoms with E-state index in [1.807, 2.05) is 0 Å². The molecule has 1 aromatic heterocycles. The van der Waals surface area contributed by atoms with E-state index in [0.717, 1.165) is 6.07 Å². The van der Waals surface area contributed by atoms with E-state index in [-0.39, 0.29) is 9.21 Å². The maximum atomic E-state index is 13.0. The Morgan fingerprint density at radius 1 is 1.05 bits per heavy atom. The van der Waals surface area contributed by atoms with Gasteiger partial charge in [-0.1, -0.05) is 11.6 Å². The second kappa shape index (κ2) is 5.56. The highest BCUT2D eigenvalue weighted by Crippen LogP contribution is 2.47. The number of thiophene rings is 1. The van der Waals surface area contributed by atoms with Crippen LogP contribution in [0, 0.1) is 0 Å². The molecule has 0 spiro atoms. The number of Topliss-reactive ketones (excluding diaryl/α,β-unsaturated/α-hetero) is 2. The lowest BCUT2D eigenvalue weighted by Crippen LogP contribution is -2.56. The van der Waals surface area contributed by atoms with Crippen molar-refractivity contribution in [3.8, 4) is 0 Å². The third-order valence-corrected chi connectivity index (χ3v) is 3.54. The summed E-state index contributed by atoms with van der Waals surface area (Å²) in [5, 5.41) is 0. The summed E-state index contributed by atoms with van der Waals surface area (Å²) in [6, 6.07) is 2.20. The fourth-order valence-electron chi connectivity index (χ4n) is 1.16. The highest BCUT2D eigenvalue weighted by Gasteiger charge is 2.75. The van der Waals surface area contributed by atoms with Gasteiger partial charge in [0.2, 0.25) is 5.78 Å². The molecule has 1 rings (SSSR count). The van der Waals surface area contributed by atoms with Crippen LogP contribution in [0.3, 0.4) is 0 Å². The van der Waals surface area contributed by atoms with E-state index in [1.54, 1.807) is 0 Å². The summed E-state index contributed by atoms with van der Waals surface area (Å²) in [6.45, 7) is 0. The van der Waals surface area contributed by atoms with Gasteiger partial charge < -0.3 is 0 Å². The molecule has 0 aliphatic carbocycles. The van der Waals surface area contributed by atoms with Gasteiger partial charge in [-0.3, -0.25) is 9.59 Å². The molecule has 0 saturated heterocycles. The van der Waals surface area contributed by atoms with Gasteiger partial charge in [0.25, 0.3) is 0 Å². The first kappa shape index (κ1) is 17.9. The van der Waals surface area contributed by atoms with E-state index in [1.165, 1.54) is 6.07 Å². The van der Waals surface area contributed by atoms with Crippen molar-refractivity contribution in [1.29, 1.82) is 0 Å². The monoisotopic (exact) mass is 356 g/mol. The Labute approximate surface area is 121 Å². The Balaban J connectivity index is 2.95. The smallest absolute Gasteiger partial charge is 0.293 e. The Kier molecular flexibility index (Phi) is 4.74. The van der Waals surface area contributed by atoms with E-state index in [9.17, 15) is 40.3 Å². The molecule has 0 N–H and O–H groups in total. The van der Waals surface area contributed by atoms with Crippen LogP contribution in [-0.4, -0.2) is 29.6 Å². The minimum atomic E-state index is -6.62. The van der Waals surface area contributed by atoms with E-state index in [0.29, 0.717) is 11.3 Å². The predicted molar refractivity (Wildman–Crippen MR) is 59.2 cm³/mol. The average molecular weight is 357 g/mol. The van der Waals surface area contributed by atoms with Crippen LogP contribution in [0.25, 0.3) is 0 Å². The molecule has 0 bridgehead atoms. The number of ketones is 2. The lowest BCUT2D eigenvalue weighted by molar-refractivity contribution is -0.343. The fourth-order valence-corrected chi connectivity index (χ4v) is 2.14. The SMILES string of the molecule is O=C(CC(=O)C(F)(F)C(F)(F)C(F)(F)F)c1ccc(Cl)s1. The maximum absolute atomic E-state index is 13.0. The van der Waals surface area contributed by atoms with Gasteiger partial charge in [0.15, 0.2) is 5.78 Å². The summed E-state index contributed by atoms with van der Waals surface area (Å²) < 4.78 is 86.8. The molecule has 21 heavy (non-hydrogen) atoms. The Morgan fingerprint density at radius 3 is 1.95 bits per heavy atom. The summed E-state index contributed by atoms with van der Waals surface area (Å²) in [5.74, 6) is -16.7. The number of carbonyl (C=O) groups excluding carboxylic acids is 2. The van der Waals surface area contributed by atoms with Gasteiger partial charge in [-0.25, -0.2) is 0 Å². The van der Waals surface area contributed by atoms with Gasteiger partial charge in [-0.2, -0.15) is 30.7 Å². The highest BCUT2D eigenvalue weighted by molar-refractivity contribution is 7.18. The fraction of sp³-hybridized carbons (Fsp3) is 0.400. The third kappa shape index (κ3) is 3.37. The van der Waals surface area contributed by atoms with Crippen molar-refractivity contribution in [1.82, 2.24) is 0 Å². The lowest BCUT2D eigenvalue weighted by atomic mass is 10.0. The lowest BCUT2D eigenvalue weighted by Gasteiger charge is -2.26. The van der Waals surface area contributed by atoms with Crippen molar-refractivity contribution < 1.29 is 40.3 Å². The normalized spacial score (nSPS) is 13.3. The van der Waals surface area contributed by atoms with Gasteiger partial charge >= 0.3 is 18.0 Å². The molecule has 1 heterocycles. The van der Waals surface area contributed by atoms with Crippen LogP contribution in [0.1, 0.15) is 16.1 Å². The van der Waals surface area contributed by atoms with Gasteiger partial charge in [0.05, 0.1) is 15.6 Å². The van der Waals surface area contributed by atoms with E-state index < -0.39 is 36.0 Å². The largest absolute Gasteiger partial charge is 0.460 e. The van der Waals surface area contributed by atoms with Crippen molar-refractivity contribution in [2.45, 2.75) is 24.4 Å². The molecule has 0 radical (unpaired) electrons. The summed E-state index contributed by atoms with van der Waals surface area (Å²) in [7, 11) is 0. The molecule has 2 nitrogen and oxygen atoms in total. The first-order valence-corrected chi connectivity index (χ1v) is 6.14. The predicted octanol–water partition coefficient (Wildman–Crippen LogP) is 4.38. The van der Waals surface area contributed by atoms with Crippen molar-refractivity contribution in [3.05, 3.63) is 21.3 Å². The molecular weight excluding hydrogens is 353 g/mol. The molecule has 1 aromatic rings. The van der Waals surface area contributed by atoms with E-state index >= 15 is 0 Å². The highest BCUT2D eigenvalue weighted by atomic mass is 35.5. The van der Waals surface area contributed by atoms with Crippen LogP contribution in [0.5, 0.6) is 0 Å². The van der Waals surface area contributed by atoms with Crippen molar-refractivity contribution in [3.63, 3.8) is 0 Å². The van der Waals surface area contributed by atoms with Gasteiger partial charge in [-0.05, 0) is 12.1 Å². The van der Waals surface area contributed by atoms with Crippen LogP contribution in [-0.2, 0) is 4.79 Å². The second-order valence-corrected chi connectivity index (χ2v) is 5.49. The van der Waals surface area contributed by atoms with Gasteiger partial charge in [-0.15, -0.1) is 11.3 Å². The summed E-state index contributed by atoms with van der Waals surface area (Å²) in [5.41, 5.74) is 0. The third-order valence-electron chi connectivity index (χ3n) is 2.27. The molecule has 0 aliphatic rings. The molecule has 0 amide bonds. The number of hydrogen-bond donors (Lipinski definition) is 0. The first-order chi connectivity index (χ1) is 9.30. The van der Waals surface area contributed by atoms with Crippen molar-refractivity contribution in [2.24, 2.45) is 0 Å². The number of halogens is 8. The summed E-state index contributed by atoms with van der Waals surface area (Å²) in [6.07, 6.45) is -8.42. The topological polar surface area (TPSA) is 34.1 Å². The van der Waals surface area contributed by atoms with E-state index in [2.05, 4.69) is 0 Å². The maximum Gasteiger partial charge on any atom is 0.460 e. The summed E-state index contributed by atoms with van der Waals surface area (Å²) in [4.78, 5) is 22.0. The van der Waals surface area contributed by atoms with Gasteiger partial charge in [0.1, 0.15) is 0 Å².